The monoisotopic (exact) mass is 315 g/mol. The van der Waals surface area contributed by atoms with E-state index in [9.17, 15) is 9.59 Å². The molecule has 0 bridgehead atoms. The number of benzene rings is 1. The van der Waals surface area contributed by atoms with Gasteiger partial charge in [0.05, 0.1) is 6.54 Å². The van der Waals surface area contributed by atoms with E-state index >= 15 is 0 Å². The number of hydrogen-bond acceptors (Lipinski definition) is 3. The van der Waals surface area contributed by atoms with Gasteiger partial charge in [0.1, 0.15) is 6.61 Å². The van der Waals surface area contributed by atoms with E-state index in [0.717, 1.165) is 11.4 Å². The molecule has 0 atom stereocenters. The zero-order chi connectivity index (χ0) is 15.8. The molecule has 0 unspecified atom stereocenters. The van der Waals surface area contributed by atoms with Crippen molar-refractivity contribution in [1.29, 1.82) is 0 Å². The normalized spacial score (nSPS) is 20.6. The third-order valence-corrected chi connectivity index (χ3v) is 4.76. The van der Waals surface area contributed by atoms with Gasteiger partial charge in [-0.1, -0.05) is 0 Å². The van der Waals surface area contributed by atoms with Crippen molar-refractivity contribution in [2.24, 2.45) is 11.8 Å². The predicted octanol–water partition coefficient (Wildman–Crippen LogP) is 2.95. The smallest absolute Gasteiger partial charge is 0.414 e. The molecule has 122 valence electrons. The summed E-state index contributed by atoms with van der Waals surface area (Å²) in [6, 6.07) is 7.46. The number of carbonyl (C=O) groups is 2. The highest BCUT2D eigenvalue weighted by molar-refractivity contribution is 5.91. The Balaban J connectivity index is 1.34. The first kappa shape index (κ1) is 14.4. The number of urea groups is 1. The third-order valence-electron chi connectivity index (χ3n) is 4.76. The van der Waals surface area contributed by atoms with Crippen LogP contribution in [-0.2, 0) is 4.74 Å². The Morgan fingerprint density at radius 1 is 1.13 bits per heavy atom. The van der Waals surface area contributed by atoms with Crippen molar-refractivity contribution in [3.8, 4) is 0 Å². The zero-order valence-corrected chi connectivity index (χ0v) is 13.0. The van der Waals surface area contributed by atoms with Crippen LogP contribution in [0, 0.1) is 11.8 Å². The number of cyclic esters (lactones) is 1. The average molecular weight is 315 g/mol. The van der Waals surface area contributed by atoms with E-state index in [0.29, 0.717) is 31.0 Å². The molecule has 2 aliphatic carbocycles. The fourth-order valence-corrected chi connectivity index (χ4v) is 3.20. The zero-order valence-electron chi connectivity index (χ0n) is 13.0. The van der Waals surface area contributed by atoms with Crippen LogP contribution in [-0.4, -0.2) is 31.3 Å². The Labute approximate surface area is 135 Å². The van der Waals surface area contributed by atoms with Gasteiger partial charge >= 0.3 is 12.1 Å². The minimum absolute atomic E-state index is 0.137. The molecule has 1 aromatic rings. The van der Waals surface area contributed by atoms with Crippen LogP contribution >= 0.6 is 0 Å². The van der Waals surface area contributed by atoms with Gasteiger partial charge in [-0.05, 0) is 61.8 Å². The Bertz CT molecular complexity index is 596. The molecular formula is C17H21N3O3. The van der Waals surface area contributed by atoms with Crippen molar-refractivity contribution < 1.29 is 14.3 Å². The van der Waals surface area contributed by atoms with Gasteiger partial charge in [0, 0.05) is 17.4 Å². The van der Waals surface area contributed by atoms with Gasteiger partial charge in [0.25, 0.3) is 0 Å². The summed E-state index contributed by atoms with van der Waals surface area (Å²) in [5, 5.41) is 6.01. The summed E-state index contributed by atoms with van der Waals surface area (Å²) in [5.74, 6) is 1.36. The first-order chi connectivity index (χ1) is 11.2. The second-order valence-corrected chi connectivity index (χ2v) is 6.61. The Morgan fingerprint density at radius 2 is 1.78 bits per heavy atom. The number of rotatable bonds is 5. The lowest BCUT2D eigenvalue weighted by atomic mass is 10.1. The second kappa shape index (κ2) is 5.76. The highest BCUT2D eigenvalue weighted by Crippen LogP contribution is 2.44. The molecule has 1 aliphatic heterocycles. The molecule has 1 heterocycles. The lowest BCUT2D eigenvalue weighted by Gasteiger charge is -2.18. The van der Waals surface area contributed by atoms with Gasteiger partial charge in [0.15, 0.2) is 0 Å². The van der Waals surface area contributed by atoms with Gasteiger partial charge in [-0.15, -0.1) is 0 Å². The number of amides is 3. The fraction of sp³-hybridized carbons (Fsp3) is 0.529. The van der Waals surface area contributed by atoms with E-state index in [1.807, 2.05) is 24.3 Å². The van der Waals surface area contributed by atoms with Crippen molar-refractivity contribution in [2.75, 3.05) is 23.4 Å². The maximum Gasteiger partial charge on any atom is 0.414 e. The lowest BCUT2D eigenvalue weighted by molar-refractivity contribution is 0.181. The van der Waals surface area contributed by atoms with Crippen LogP contribution in [0.5, 0.6) is 0 Å². The van der Waals surface area contributed by atoms with Crippen molar-refractivity contribution in [3.05, 3.63) is 24.3 Å². The molecule has 1 aromatic carbocycles. The first-order valence-electron chi connectivity index (χ1n) is 8.32. The Kier molecular flexibility index (Phi) is 3.59. The molecule has 2 N–H and O–H groups in total. The van der Waals surface area contributed by atoms with Crippen LogP contribution in [0.1, 0.15) is 25.7 Å². The number of anilines is 2. The quantitative estimate of drug-likeness (QED) is 0.877. The summed E-state index contributed by atoms with van der Waals surface area (Å²) >= 11 is 0. The summed E-state index contributed by atoms with van der Waals surface area (Å²) in [7, 11) is 0. The number of ether oxygens (including phenoxy) is 1. The third kappa shape index (κ3) is 3.25. The molecule has 6 nitrogen and oxygen atoms in total. The van der Waals surface area contributed by atoms with Gasteiger partial charge in [-0.25, -0.2) is 9.59 Å². The minimum atomic E-state index is -0.319. The van der Waals surface area contributed by atoms with E-state index < -0.39 is 0 Å². The van der Waals surface area contributed by atoms with E-state index in [2.05, 4.69) is 10.6 Å². The van der Waals surface area contributed by atoms with Gasteiger partial charge < -0.3 is 15.4 Å². The summed E-state index contributed by atoms with van der Waals surface area (Å²) < 4.78 is 4.92. The molecule has 0 spiro atoms. The molecule has 1 saturated heterocycles. The van der Waals surface area contributed by atoms with Crippen molar-refractivity contribution in [2.45, 2.75) is 31.7 Å². The molecule has 4 rings (SSSR count). The van der Waals surface area contributed by atoms with Crippen LogP contribution in [0.3, 0.4) is 0 Å². The van der Waals surface area contributed by atoms with Gasteiger partial charge in [-0.2, -0.15) is 0 Å². The standard InChI is InChI=1S/C17H21N3O3/c21-16(19-15(11-1-2-11)12-3-4-12)18-13-5-7-14(8-6-13)20-9-10-23-17(20)22/h5-8,11-12,15H,1-4,9-10H2,(H2,18,19,21). The van der Waals surface area contributed by atoms with Gasteiger partial charge in [-0.3, -0.25) is 4.90 Å². The summed E-state index contributed by atoms with van der Waals surface area (Å²) in [4.78, 5) is 25.3. The molecule has 2 saturated carbocycles. The molecule has 0 radical (unpaired) electrons. The largest absolute Gasteiger partial charge is 0.447 e. The SMILES string of the molecule is O=C(Nc1ccc(N2CCOC2=O)cc1)NC(C1CC1)C1CC1. The van der Waals surface area contributed by atoms with Gasteiger partial charge in [0.2, 0.25) is 0 Å². The minimum Gasteiger partial charge on any atom is -0.447 e. The highest BCUT2D eigenvalue weighted by Gasteiger charge is 2.42. The first-order valence-corrected chi connectivity index (χ1v) is 8.32. The molecular weight excluding hydrogens is 294 g/mol. The second-order valence-electron chi connectivity index (χ2n) is 6.61. The molecule has 6 heteroatoms. The van der Waals surface area contributed by atoms with E-state index in [-0.39, 0.29) is 12.1 Å². The fourth-order valence-electron chi connectivity index (χ4n) is 3.20. The van der Waals surface area contributed by atoms with Crippen molar-refractivity contribution in [1.82, 2.24) is 5.32 Å². The van der Waals surface area contributed by atoms with E-state index in [1.165, 1.54) is 25.7 Å². The topological polar surface area (TPSA) is 70.7 Å². The number of nitrogens with one attached hydrogen (secondary N) is 2. The van der Waals surface area contributed by atoms with E-state index in [1.54, 1.807) is 4.90 Å². The van der Waals surface area contributed by atoms with Crippen LogP contribution < -0.4 is 15.5 Å². The van der Waals surface area contributed by atoms with Crippen LogP contribution in [0.4, 0.5) is 21.0 Å². The van der Waals surface area contributed by atoms with E-state index in [4.69, 9.17) is 4.74 Å². The summed E-state index contributed by atoms with van der Waals surface area (Å²) in [6.45, 7) is 0.988. The molecule has 23 heavy (non-hydrogen) atoms. The number of nitrogens with zero attached hydrogens (tertiary/aromatic N) is 1. The predicted molar refractivity (Wildman–Crippen MR) is 86.5 cm³/mol. The molecule has 3 amide bonds. The Hall–Kier alpha value is -2.24. The Morgan fingerprint density at radius 3 is 2.30 bits per heavy atom. The van der Waals surface area contributed by atoms with Crippen molar-refractivity contribution in [3.63, 3.8) is 0 Å². The van der Waals surface area contributed by atoms with Crippen molar-refractivity contribution >= 4 is 23.5 Å². The molecule has 3 aliphatic rings. The van der Waals surface area contributed by atoms with Crippen LogP contribution in [0.15, 0.2) is 24.3 Å². The van der Waals surface area contributed by atoms with Crippen LogP contribution in [0.25, 0.3) is 0 Å². The molecule has 3 fully saturated rings. The number of hydrogen-bond donors (Lipinski definition) is 2. The average Bonchev–Trinajstić information content (AvgIpc) is 3.45. The lowest BCUT2D eigenvalue weighted by Crippen LogP contribution is -2.40. The summed E-state index contributed by atoms with van der Waals surface area (Å²) in [5.41, 5.74) is 1.51. The highest BCUT2D eigenvalue weighted by atomic mass is 16.6. The number of carbonyl (C=O) groups excluding carboxylic acids is 2. The maximum absolute atomic E-state index is 12.2. The van der Waals surface area contributed by atoms with Crippen LogP contribution in [0.2, 0.25) is 0 Å². The maximum atomic E-state index is 12.2. The molecule has 0 aromatic heterocycles. The summed E-state index contributed by atoms with van der Waals surface area (Å²) in [6.07, 6.45) is 4.63.